The molecule has 1 atom stereocenters. The zero-order valence-electron chi connectivity index (χ0n) is 17.9. The van der Waals surface area contributed by atoms with Crippen molar-refractivity contribution in [1.82, 2.24) is 19.7 Å². The van der Waals surface area contributed by atoms with Crippen LogP contribution in [0.3, 0.4) is 0 Å². The van der Waals surface area contributed by atoms with Gasteiger partial charge in [-0.3, -0.25) is 9.59 Å². The van der Waals surface area contributed by atoms with E-state index < -0.39 is 17.4 Å². The van der Waals surface area contributed by atoms with Gasteiger partial charge in [-0.25, -0.2) is 9.67 Å². The summed E-state index contributed by atoms with van der Waals surface area (Å²) < 4.78 is 1.61. The molecule has 0 aliphatic carbocycles. The first kappa shape index (κ1) is 21.3. The summed E-state index contributed by atoms with van der Waals surface area (Å²) in [5.74, 6) is 5.12. The van der Waals surface area contributed by atoms with Crippen molar-refractivity contribution in [3.05, 3.63) is 47.8 Å². The second-order valence-corrected chi connectivity index (χ2v) is 7.74. The van der Waals surface area contributed by atoms with Crippen molar-refractivity contribution in [1.29, 1.82) is 0 Å². The molecule has 1 aliphatic rings. The maximum absolute atomic E-state index is 12.2. The number of benzene rings is 1. The van der Waals surface area contributed by atoms with Crippen molar-refractivity contribution in [2.75, 3.05) is 25.5 Å². The smallest absolute Gasteiger partial charge is 0.270 e. The van der Waals surface area contributed by atoms with Crippen molar-refractivity contribution in [3.63, 3.8) is 0 Å². The molecule has 0 spiro atoms. The van der Waals surface area contributed by atoms with E-state index in [0.717, 1.165) is 6.42 Å². The summed E-state index contributed by atoms with van der Waals surface area (Å²) in [5.41, 5.74) is 5.97. The summed E-state index contributed by atoms with van der Waals surface area (Å²) in [6.45, 7) is 3.19. The molecular formula is C23H24N6O3. The van der Waals surface area contributed by atoms with Crippen LogP contribution < -0.4 is 11.1 Å². The average molecular weight is 432 g/mol. The minimum Gasteiger partial charge on any atom is -0.369 e. The first-order valence-electron chi connectivity index (χ1n) is 10.4. The highest BCUT2D eigenvalue weighted by molar-refractivity contribution is 6.08. The van der Waals surface area contributed by atoms with Gasteiger partial charge in [0.15, 0.2) is 5.69 Å². The molecule has 4 N–H and O–H groups in total. The molecule has 9 heteroatoms. The van der Waals surface area contributed by atoms with Crippen molar-refractivity contribution < 1.29 is 14.7 Å². The highest BCUT2D eigenvalue weighted by Crippen LogP contribution is 2.28. The van der Waals surface area contributed by atoms with Crippen LogP contribution in [0.4, 0.5) is 5.82 Å². The van der Waals surface area contributed by atoms with Gasteiger partial charge < -0.3 is 21.1 Å². The molecule has 3 aromatic rings. The van der Waals surface area contributed by atoms with Crippen LogP contribution in [0.1, 0.15) is 35.8 Å². The van der Waals surface area contributed by atoms with Crippen molar-refractivity contribution in [2.45, 2.75) is 25.4 Å². The van der Waals surface area contributed by atoms with Gasteiger partial charge >= 0.3 is 0 Å². The fraction of sp³-hybridized carbons (Fsp3) is 0.304. The van der Waals surface area contributed by atoms with Crippen LogP contribution >= 0.6 is 0 Å². The van der Waals surface area contributed by atoms with E-state index >= 15 is 0 Å². The monoisotopic (exact) mass is 432 g/mol. The number of nitrogens with zero attached hydrogens (tertiary/aromatic N) is 4. The molecule has 2 aromatic heterocycles. The van der Waals surface area contributed by atoms with Crippen LogP contribution in [0.25, 0.3) is 16.6 Å². The minimum absolute atomic E-state index is 0.122. The average Bonchev–Trinajstić information content (AvgIpc) is 3.31. The number of aromatic nitrogens is 3. The van der Waals surface area contributed by atoms with Crippen LogP contribution in [0, 0.1) is 11.8 Å². The molecule has 0 saturated carbocycles. The molecule has 0 radical (unpaired) electrons. The summed E-state index contributed by atoms with van der Waals surface area (Å²) in [6.07, 6.45) is 2.80. The van der Waals surface area contributed by atoms with Crippen molar-refractivity contribution >= 4 is 28.5 Å². The fourth-order valence-corrected chi connectivity index (χ4v) is 3.67. The van der Waals surface area contributed by atoms with Crippen molar-refractivity contribution in [3.8, 4) is 17.5 Å². The molecule has 164 valence electrons. The Morgan fingerprint density at radius 2 is 2.19 bits per heavy atom. The van der Waals surface area contributed by atoms with Gasteiger partial charge in [-0.05, 0) is 30.7 Å². The Morgan fingerprint density at radius 3 is 2.88 bits per heavy atom. The first-order chi connectivity index (χ1) is 15.3. The maximum Gasteiger partial charge on any atom is 0.270 e. The molecule has 4 rings (SSSR count). The summed E-state index contributed by atoms with van der Waals surface area (Å²) in [6, 6.07) is 8.93. The van der Waals surface area contributed by atoms with E-state index in [4.69, 9.17) is 5.73 Å². The van der Waals surface area contributed by atoms with E-state index in [-0.39, 0.29) is 12.1 Å². The molecule has 32 heavy (non-hydrogen) atoms. The third-order valence-corrected chi connectivity index (χ3v) is 5.38. The largest absolute Gasteiger partial charge is 0.369 e. The molecule has 1 aliphatic heterocycles. The molecule has 1 fully saturated rings. The van der Waals surface area contributed by atoms with E-state index in [2.05, 4.69) is 27.2 Å². The molecule has 9 nitrogen and oxygen atoms in total. The number of likely N-dealkylation sites (N-methyl/N-ethyl adjacent to an activating group) is 1. The van der Waals surface area contributed by atoms with Crippen LogP contribution in [0.5, 0.6) is 0 Å². The van der Waals surface area contributed by atoms with E-state index in [0.29, 0.717) is 41.1 Å². The van der Waals surface area contributed by atoms with Crippen LogP contribution in [-0.2, 0) is 4.79 Å². The molecular weight excluding hydrogens is 408 g/mol. The third kappa shape index (κ3) is 3.76. The Bertz CT molecular complexity index is 1270. The topological polar surface area (TPSA) is 126 Å². The fourth-order valence-electron chi connectivity index (χ4n) is 3.67. The van der Waals surface area contributed by atoms with Gasteiger partial charge in [0, 0.05) is 38.3 Å². The summed E-state index contributed by atoms with van der Waals surface area (Å²) >= 11 is 0. The summed E-state index contributed by atoms with van der Waals surface area (Å²) in [4.78, 5) is 30.1. The highest BCUT2D eigenvalue weighted by atomic mass is 16.3. The molecule has 0 bridgehead atoms. The number of rotatable bonds is 5. The van der Waals surface area contributed by atoms with Gasteiger partial charge in [0.1, 0.15) is 5.82 Å². The molecule has 1 aromatic carbocycles. The van der Waals surface area contributed by atoms with Gasteiger partial charge in [0.25, 0.3) is 11.8 Å². The third-order valence-electron chi connectivity index (χ3n) is 5.38. The van der Waals surface area contributed by atoms with Gasteiger partial charge in [-0.1, -0.05) is 24.8 Å². The minimum atomic E-state index is -1.67. The Hall–Kier alpha value is -3.90. The summed E-state index contributed by atoms with van der Waals surface area (Å²) in [5, 5.41) is 18.8. The van der Waals surface area contributed by atoms with Gasteiger partial charge in [-0.2, -0.15) is 5.10 Å². The number of amides is 2. The number of carbonyl (C=O) groups excluding carboxylic acids is 2. The lowest BCUT2D eigenvalue weighted by Crippen LogP contribution is -2.37. The van der Waals surface area contributed by atoms with Crippen LogP contribution in [0.2, 0.25) is 0 Å². The number of hydrogen-bond acceptors (Lipinski definition) is 6. The number of nitrogens with two attached hydrogens (primary N) is 1. The Kier molecular flexibility index (Phi) is 5.55. The maximum atomic E-state index is 12.2. The number of aliphatic hydroxyl groups is 1. The van der Waals surface area contributed by atoms with Gasteiger partial charge in [0.05, 0.1) is 16.6 Å². The highest BCUT2D eigenvalue weighted by Gasteiger charge is 2.42. The zero-order valence-corrected chi connectivity index (χ0v) is 17.9. The number of nitrogens with one attached hydrogen (secondary N) is 1. The van der Waals surface area contributed by atoms with E-state index in [1.165, 1.54) is 4.90 Å². The second kappa shape index (κ2) is 8.32. The van der Waals surface area contributed by atoms with Crippen LogP contribution in [0.15, 0.2) is 36.5 Å². The SMILES string of the molecule is CCCNc1nccc2c1c(C(N)=O)nn2-c1cccc(C#CC2(O)CCN(C)C2=O)c1. The lowest BCUT2D eigenvalue weighted by molar-refractivity contribution is -0.137. The second-order valence-electron chi connectivity index (χ2n) is 7.74. The molecule has 2 amide bonds. The number of pyridine rings is 1. The first-order valence-corrected chi connectivity index (χ1v) is 10.4. The summed E-state index contributed by atoms with van der Waals surface area (Å²) in [7, 11) is 1.64. The van der Waals surface area contributed by atoms with E-state index in [1.54, 1.807) is 42.2 Å². The van der Waals surface area contributed by atoms with Gasteiger partial charge in [0.2, 0.25) is 5.60 Å². The molecule has 1 unspecified atom stereocenters. The Morgan fingerprint density at radius 1 is 1.38 bits per heavy atom. The molecule has 3 heterocycles. The number of hydrogen-bond donors (Lipinski definition) is 3. The predicted octanol–water partition coefficient (Wildman–Crippen LogP) is 1.29. The zero-order chi connectivity index (χ0) is 22.9. The number of carbonyl (C=O) groups is 2. The van der Waals surface area contributed by atoms with E-state index in [1.807, 2.05) is 13.0 Å². The predicted molar refractivity (Wildman–Crippen MR) is 120 cm³/mol. The van der Waals surface area contributed by atoms with Gasteiger partial charge in [-0.15, -0.1) is 0 Å². The van der Waals surface area contributed by atoms with Crippen molar-refractivity contribution in [2.24, 2.45) is 5.73 Å². The number of primary amides is 1. The lowest BCUT2D eigenvalue weighted by atomic mass is 10.0. The quantitative estimate of drug-likeness (QED) is 0.522. The Balaban J connectivity index is 1.77. The number of fused-ring (bicyclic) bond motifs is 1. The number of anilines is 1. The lowest BCUT2D eigenvalue weighted by Gasteiger charge is -2.13. The number of likely N-dealkylation sites (tertiary alicyclic amines) is 1. The van der Waals surface area contributed by atoms with E-state index in [9.17, 15) is 14.7 Å². The normalized spacial score (nSPS) is 18.0. The van der Waals surface area contributed by atoms with Crippen LogP contribution in [-0.4, -0.2) is 62.3 Å². The standard InChI is InChI=1S/C23H24N6O3/c1-3-11-25-21-18-17(8-12-26-21)29(27-19(18)20(24)30)16-6-4-5-15(14-16)7-9-23(32)10-13-28(2)22(23)31/h4-6,8,12,14,32H,3,10-11,13H2,1-2H3,(H2,24,30)(H,25,26). The Labute approximate surface area is 185 Å². The molecule has 1 saturated heterocycles.